The SMILES string of the molecule is C/C=C1\Nc2cc(Cl)ccc2OC12CCN(C(=O)c1ccc(OC)c(OC)c1)CC2. The second-order valence-corrected chi connectivity index (χ2v) is 7.86. The molecule has 7 heteroatoms. The zero-order chi connectivity index (χ0) is 21.3. The van der Waals surface area contributed by atoms with Gasteiger partial charge in [0.2, 0.25) is 0 Å². The summed E-state index contributed by atoms with van der Waals surface area (Å²) >= 11 is 6.12. The van der Waals surface area contributed by atoms with Gasteiger partial charge in [-0.1, -0.05) is 17.7 Å². The van der Waals surface area contributed by atoms with Crippen LogP contribution < -0.4 is 19.5 Å². The molecule has 1 N–H and O–H groups in total. The van der Waals surface area contributed by atoms with Crippen molar-refractivity contribution in [2.75, 3.05) is 32.6 Å². The summed E-state index contributed by atoms with van der Waals surface area (Å²) in [4.78, 5) is 14.9. The molecular weight excluding hydrogens is 404 g/mol. The van der Waals surface area contributed by atoms with E-state index in [1.807, 2.05) is 36.1 Å². The maximum absolute atomic E-state index is 13.1. The number of fused-ring (bicyclic) bond motifs is 1. The van der Waals surface area contributed by atoms with Crippen LogP contribution in [-0.2, 0) is 0 Å². The lowest BCUT2D eigenvalue weighted by Crippen LogP contribution is -2.53. The number of halogens is 1. The van der Waals surface area contributed by atoms with E-state index >= 15 is 0 Å². The molecule has 158 valence electrons. The average Bonchev–Trinajstić information content (AvgIpc) is 2.78. The molecule has 0 saturated carbocycles. The van der Waals surface area contributed by atoms with Gasteiger partial charge in [0.1, 0.15) is 5.75 Å². The Balaban J connectivity index is 1.52. The number of likely N-dealkylation sites (tertiary alicyclic amines) is 1. The van der Waals surface area contributed by atoms with Crippen molar-refractivity contribution in [1.29, 1.82) is 0 Å². The van der Waals surface area contributed by atoms with E-state index in [0.717, 1.165) is 17.1 Å². The summed E-state index contributed by atoms with van der Waals surface area (Å²) in [5.41, 5.74) is 1.99. The quantitative estimate of drug-likeness (QED) is 0.765. The minimum atomic E-state index is -0.468. The first-order valence-corrected chi connectivity index (χ1v) is 10.3. The highest BCUT2D eigenvalue weighted by atomic mass is 35.5. The molecule has 2 heterocycles. The van der Waals surface area contributed by atoms with Crippen LogP contribution in [0.25, 0.3) is 0 Å². The molecule has 0 unspecified atom stereocenters. The Kier molecular flexibility index (Phi) is 5.52. The first kappa shape index (κ1) is 20.4. The monoisotopic (exact) mass is 428 g/mol. The summed E-state index contributed by atoms with van der Waals surface area (Å²) < 4.78 is 17.1. The molecule has 1 saturated heterocycles. The molecule has 0 radical (unpaired) electrons. The highest BCUT2D eigenvalue weighted by Crippen LogP contribution is 2.44. The van der Waals surface area contributed by atoms with E-state index in [9.17, 15) is 4.79 Å². The minimum absolute atomic E-state index is 0.0243. The van der Waals surface area contributed by atoms with Crippen LogP contribution in [0.3, 0.4) is 0 Å². The Morgan fingerprint density at radius 3 is 2.53 bits per heavy atom. The molecule has 2 aliphatic heterocycles. The summed E-state index contributed by atoms with van der Waals surface area (Å²) in [6.07, 6.45) is 3.43. The Labute approximate surface area is 181 Å². The largest absolute Gasteiger partial charge is 0.493 e. The normalized spacial score (nSPS) is 18.4. The fraction of sp³-hybridized carbons (Fsp3) is 0.348. The van der Waals surface area contributed by atoms with Crippen molar-refractivity contribution in [3.05, 3.63) is 58.8 Å². The van der Waals surface area contributed by atoms with Gasteiger partial charge in [-0.3, -0.25) is 4.79 Å². The van der Waals surface area contributed by atoms with Crippen molar-refractivity contribution in [2.24, 2.45) is 0 Å². The number of allylic oxidation sites excluding steroid dienone is 1. The Hall–Kier alpha value is -2.86. The molecule has 0 bridgehead atoms. The molecule has 30 heavy (non-hydrogen) atoms. The third-order valence-electron chi connectivity index (χ3n) is 5.78. The maximum Gasteiger partial charge on any atom is 0.253 e. The van der Waals surface area contributed by atoms with Crippen LogP contribution in [0, 0.1) is 0 Å². The standard InChI is InChI=1S/C23H25ClN2O4/c1-4-21-23(30-18-8-6-16(24)14-17(18)25-21)9-11-26(12-10-23)22(27)15-5-7-19(28-2)20(13-15)29-3/h4-8,13-14,25H,9-12H2,1-3H3/b21-4-. The number of hydrogen-bond donors (Lipinski definition) is 1. The van der Waals surface area contributed by atoms with Gasteiger partial charge in [0.05, 0.1) is 25.6 Å². The zero-order valence-electron chi connectivity index (χ0n) is 17.3. The molecule has 0 aromatic heterocycles. The predicted octanol–water partition coefficient (Wildman–Crippen LogP) is 4.74. The van der Waals surface area contributed by atoms with Crippen molar-refractivity contribution in [2.45, 2.75) is 25.4 Å². The van der Waals surface area contributed by atoms with E-state index in [-0.39, 0.29) is 5.91 Å². The molecule has 2 aliphatic rings. The lowest BCUT2D eigenvalue weighted by atomic mass is 9.85. The second-order valence-electron chi connectivity index (χ2n) is 7.43. The zero-order valence-corrected chi connectivity index (χ0v) is 18.1. The summed E-state index contributed by atoms with van der Waals surface area (Å²) in [6, 6.07) is 10.8. The van der Waals surface area contributed by atoms with Gasteiger partial charge in [-0.15, -0.1) is 0 Å². The van der Waals surface area contributed by atoms with Gasteiger partial charge in [-0.05, 0) is 43.3 Å². The van der Waals surface area contributed by atoms with Crippen LogP contribution in [0.15, 0.2) is 48.2 Å². The van der Waals surface area contributed by atoms with E-state index in [1.165, 1.54) is 0 Å². The number of nitrogens with zero attached hydrogens (tertiary/aromatic N) is 1. The van der Waals surface area contributed by atoms with E-state index < -0.39 is 5.60 Å². The Morgan fingerprint density at radius 1 is 1.13 bits per heavy atom. The lowest BCUT2D eigenvalue weighted by Gasteiger charge is -2.46. The van der Waals surface area contributed by atoms with Gasteiger partial charge in [0, 0.05) is 36.5 Å². The van der Waals surface area contributed by atoms with Crippen molar-refractivity contribution in [3.8, 4) is 17.2 Å². The van der Waals surface area contributed by atoms with Crippen LogP contribution in [0.2, 0.25) is 5.02 Å². The second kappa shape index (κ2) is 8.11. The predicted molar refractivity (Wildman–Crippen MR) is 117 cm³/mol. The highest BCUT2D eigenvalue weighted by molar-refractivity contribution is 6.31. The van der Waals surface area contributed by atoms with Crippen molar-refractivity contribution < 1.29 is 19.0 Å². The molecule has 1 fully saturated rings. The number of carbonyl (C=O) groups is 1. The van der Waals surface area contributed by atoms with Gasteiger partial charge in [0.15, 0.2) is 17.1 Å². The van der Waals surface area contributed by atoms with Gasteiger partial charge >= 0.3 is 0 Å². The number of hydrogen-bond acceptors (Lipinski definition) is 5. The Bertz CT molecular complexity index is 997. The van der Waals surface area contributed by atoms with Crippen LogP contribution in [-0.4, -0.2) is 43.7 Å². The highest BCUT2D eigenvalue weighted by Gasteiger charge is 2.44. The lowest BCUT2D eigenvalue weighted by molar-refractivity contribution is 0.0255. The number of rotatable bonds is 3. The van der Waals surface area contributed by atoms with Gasteiger partial charge in [-0.2, -0.15) is 0 Å². The molecule has 4 rings (SSSR count). The van der Waals surface area contributed by atoms with E-state index in [2.05, 4.69) is 5.32 Å². The average molecular weight is 429 g/mol. The fourth-order valence-electron chi connectivity index (χ4n) is 4.14. The van der Waals surface area contributed by atoms with E-state index in [0.29, 0.717) is 48.0 Å². The van der Waals surface area contributed by atoms with E-state index in [4.69, 9.17) is 25.8 Å². The van der Waals surface area contributed by atoms with Crippen LogP contribution >= 0.6 is 11.6 Å². The van der Waals surface area contributed by atoms with Crippen molar-refractivity contribution >= 4 is 23.2 Å². The number of anilines is 1. The van der Waals surface area contributed by atoms with Crippen LogP contribution in [0.4, 0.5) is 5.69 Å². The third-order valence-corrected chi connectivity index (χ3v) is 6.02. The van der Waals surface area contributed by atoms with Gasteiger partial charge in [-0.25, -0.2) is 0 Å². The van der Waals surface area contributed by atoms with Gasteiger partial charge in [0.25, 0.3) is 5.91 Å². The molecule has 6 nitrogen and oxygen atoms in total. The molecule has 2 aromatic rings. The molecule has 0 aliphatic carbocycles. The van der Waals surface area contributed by atoms with E-state index in [1.54, 1.807) is 32.4 Å². The summed E-state index contributed by atoms with van der Waals surface area (Å²) in [6.45, 7) is 3.17. The number of nitrogens with one attached hydrogen (secondary N) is 1. The molecule has 1 spiro atoms. The maximum atomic E-state index is 13.1. The number of ether oxygens (including phenoxy) is 3. The summed E-state index contributed by atoms with van der Waals surface area (Å²) in [5.74, 6) is 1.90. The van der Waals surface area contributed by atoms with Crippen LogP contribution in [0.1, 0.15) is 30.1 Å². The van der Waals surface area contributed by atoms with Crippen molar-refractivity contribution in [3.63, 3.8) is 0 Å². The smallest absolute Gasteiger partial charge is 0.253 e. The van der Waals surface area contributed by atoms with Crippen molar-refractivity contribution in [1.82, 2.24) is 4.90 Å². The number of benzene rings is 2. The molecule has 2 aromatic carbocycles. The third kappa shape index (κ3) is 3.56. The number of amides is 1. The molecule has 1 amide bonds. The fourth-order valence-corrected chi connectivity index (χ4v) is 4.31. The number of methoxy groups -OCH3 is 2. The topological polar surface area (TPSA) is 60.0 Å². The minimum Gasteiger partial charge on any atom is -0.493 e. The van der Waals surface area contributed by atoms with Gasteiger partial charge < -0.3 is 24.4 Å². The molecular formula is C23H25ClN2O4. The molecule has 0 atom stereocenters. The summed E-state index contributed by atoms with van der Waals surface area (Å²) in [5, 5.41) is 4.13. The first-order valence-electron chi connectivity index (χ1n) is 9.93. The van der Waals surface area contributed by atoms with Crippen LogP contribution in [0.5, 0.6) is 17.2 Å². The number of carbonyl (C=O) groups excluding carboxylic acids is 1. The number of piperidine rings is 1. The summed E-state index contributed by atoms with van der Waals surface area (Å²) in [7, 11) is 3.14. The Morgan fingerprint density at radius 2 is 1.87 bits per heavy atom. The first-order chi connectivity index (χ1) is 14.5.